The first kappa shape index (κ1) is 15.1. The molecule has 1 aromatic carbocycles. The van der Waals surface area contributed by atoms with Gasteiger partial charge in [0.05, 0.1) is 7.11 Å². The second kappa shape index (κ2) is 7.45. The highest BCUT2D eigenvalue weighted by molar-refractivity contribution is 6.30. The average Bonchev–Trinajstić information content (AvgIpc) is 2.51. The van der Waals surface area contributed by atoms with Crippen LogP contribution < -0.4 is 10.1 Å². The Kier molecular flexibility index (Phi) is 5.35. The summed E-state index contributed by atoms with van der Waals surface area (Å²) in [5.41, 5.74) is 1.78. The number of amides is 1. The number of rotatable bonds is 5. The molecule has 0 saturated carbocycles. The molecule has 21 heavy (non-hydrogen) atoms. The molecule has 2 aromatic rings. The Bertz CT molecular complexity index is 639. The van der Waals surface area contributed by atoms with E-state index < -0.39 is 0 Å². The molecule has 0 unspecified atom stereocenters. The number of nitrogens with zero attached hydrogens (tertiary/aromatic N) is 1. The highest BCUT2D eigenvalue weighted by Gasteiger charge is 1.99. The third kappa shape index (κ3) is 4.93. The molecular formula is C16H15ClN2O2. The van der Waals surface area contributed by atoms with Crippen LogP contribution in [0.25, 0.3) is 6.08 Å². The van der Waals surface area contributed by atoms with Gasteiger partial charge >= 0.3 is 0 Å². The van der Waals surface area contributed by atoms with Crippen molar-refractivity contribution in [3.8, 4) is 5.88 Å². The summed E-state index contributed by atoms with van der Waals surface area (Å²) in [4.78, 5) is 15.8. The molecule has 0 bridgehead atoms. The van der Waals surface area contributed by atoms with Gasteiger partial charge < -0.3 is 10.1 Å². The Morgan fingerprint density at radius 3 is 2.90 bits per heavy atom. The van der Waals surface area contributed by atoms with E-state index in [0.717, 1.165) is 11.1 Å². The van der Waals surface area contributed by atoms with Crippen LogP contribution in [0.15, 0.2) is 48.7 Å². The fourth-order valence-electron chi connectivity index (χ4n) is 1.67. The number of benzene rings is 1. The van der Waals surface area contributed by atoms with Crippen LogP contribution in [0, 0.1) is 0 Å². The first-order valence-corrected chi connectivity index (χ1v) is 6.75. The van der Waals surface area contributed by atoms with Crippen molar-refractivity contribution in [2.24, 2.45) is 0 Å². The molecule has 0 saturated heterocycles. The average molecular weight is 303 g/mol. The maximum atomic E-state index is 11.7. The minimum absolute atomic E-state index is 0.175. The molecule has 1 aromatic heterocycles. The Morgan fingerprint density at radius 1 is 1.38 bits per heavy atom. The van der Waals surface area contributed by atoms with Crippen LogP contribution in [-0.4, -0.2) is 18.0 Å². The van der Waals surface area contributed by atoms with Gasteiger partial charge in [-0.05, 0) is 29.3 Å². The quantitative estimate of drug-likeness (QED) is 0.864. The normalized spacial score (nSPS) is 10.6. The highest BCUT2D eigenvalue weighted by Crippen LogP contribution is 2.11. The number of carbonyl (C=O) groups is 1. The van der Waals surface area contributed by atoms with Gasteiger partial charge in [-0.1, -0.05) is 29.8 Å². The molecule has 4 nitrogen and oxygen atoms in total. The van der Waals surface area contributed by atoms with Crippen LogP contribution in [0.3, 0.4) is 0 Å². The summed E-state index contributed by atoms with van der Waals surface area (Å²) in [6.07, 6.45) is 4.86. The van der Waals surface area contributed by atoms with Crippen molar-refractivity contribution < 1.29 is 9.53 Å². The minimum Gasteiger partial charge on any atom is -0.481 e. The third-order valence-electron chi connectivity index (χ3n) is 2.75. The second-order valence-corrected chi connectivity index (χ2v) is 4.75. The SMILES string of the molecule is COc1ccc(CNC(=O)/C=C/c2cccc(Cl)c2)cn1. The molecule has 0 aliphatic rings. The predicted molar refractivity (Wildman–Crippen MR) is 83.1 cm³/mol. The number of ether oxygens (including phenoxy) is 1. The number of carbonyl (C=O) groups excluding carboxylic acids is 1. The summed E-state index contributed by atoms with van der Waals surface area (Å²) in [6.45, 7) is 0.412. The van der Waals surface area contributed by atoms with Crippen molar-refractivity contribution >= 4 is 23.6 Å². The van der Waals surface area contributed by atoms with E-state index in [9.17, 15) is 4.79 Å². The van der Waals surface area contributed by atoms with E-state index in [2.05, 4.69) is 10.3 Å². The molecular weight excluding hydrogens is 288 g/mol. The lowest BCUT2D eigenvalue weighted by Gasteiger charge is -2.03. The van der Waals surface area contributed by atoms with Gasteiger partial charge in [0.1, 0.15) is 0 Å². The van der Waals surface area contributed by atoms with E-state index in [1.54, 1.807) is 37.6 Å². The van der Waals surface area contributed by atoms with E-state index in [1.165, 1.54) is 6.08 Å². The second-order valence-electron chi connectivity index (χ2n) is 4.31. The molecule has 2 rings (SSSR count). The van der Waals surface area contributed by atoms with Crippen molar-refractivity contribution in [3.63, 3.8) is 0 Å². The summed E-state index contributed by atoms with van der Waals surface area (Å²) in [5, 5.41) is 3.42. The number of halogens is 1. The van der Waals surface area contributed by atoms with Gasteiger partial charge in [0.25, 0.3) is 0 Å². The van der Waals surface area contributed by atoms with Crippen molar-refractivity contribution in [2.45, 2.75) is 6.54 Å². The van der Waals surface area contributed by atoms with Crippen LogP contribution in [0.1, 0.15) is 11.1 Å². The molecule has 0 fully saturated rings. The van der Waals surface area contributed by atoms with Crippen LogP contribution in [0.4, 0.5) is 0 Å². The standard InChI is InChI=1S/C16H15ClN2O2/c1-21-16-8-6-13(11-19-16)10-18-15(20)7-5-12-3-2-4-14(17)9-12/h2-9,11H,10H2,1H3,(H,18,20)/b7-5+. The first-order valence-electron chi connectivity index (χ1n) is 6.38. The maximum absolute atomic E-state index is 11.7. The molecule has 1 N–H and O–H groups in total. The number of hydrogen-bond acceptors (Lipinski definition) is 3. The van der Waals surface area contributed by atoms with Gasteiger partial charge in [-0.2, -0.15) is 0 Å². The van der Waals surface area contributed by atoms with Gasteiger partial charge in [-0.25, -0.2) is 4.98 Å². The first-order chi connectivity index (χ1) is 10.2. The summed E-state index contributed by atoms with van der Waals surface area (Å²) in [7, 11) is 1.56. The summed E-state index contributed by atoms with van der Waals surface area (Å²) in [5.74, 6) is 0.372. The lowest BCUT2D eigenvalue weighted by atomic mass is 10.2. The van der Waals surface area contributed by atoms with Crippen LogP contribution in [-0.2, 0) is 11.3 Å². The Morgan fingerprint density at radius 2 is 2.24 bits per heavy atom. The van der Waals surface area contributed by atoms with E-state index in [1.807, 2.05) is 18.2 Å². The van der Waals surface area contributed by atoms with Gasteiger partial charge in [0, 0.05) is 29.9 Å². The number of hydrogen-bond donors (Lipinski definition) is 1. The Labute approximate surface area is 128 Å². The summed E-state index contributed by atoms with van der Waals surface area (Å²) in [6, 6.07) is 10.9. The van der Waals surface area contributed by atoms with Crippen molar-refractivity contribution in [3.05, 3.63) is 64.8 Å². The lowest BCUT2D eigenvalue weighted by Crippen LogP contribution is -2.20. The lowest BCUT2D eigenvalue weighted by molar-refractivity contribution is -0.116. The largest absolute Gasteiger partial charge is 0.481 e. The third-order valence-corrected chi connectivity index (χ3v) is 2.98. The van der Waals surface area contributed by atoms with Crippen LogP contribution >= 0.6 is 11.6 Å². The van der Waals surface area contributed by atoms with Gasteiger partial charge in [0.2, 0.25) is 11.8 Å². The Hall–Kier alpha value is -2.33. The number of aromatic nitrogens is 1. The van der Waals surface area contributed by atoms with Gasteiger partial charge in [-0.15, -0.1) is 0 Å². The van der Waals surface area contributed by atoms with Gasteiger partial charge in [0.15, 0.2) is 0 Å². The molecule has 1 amide bonds. The molecule has 0 aliphatic heterocycles. The van der Waals surface area contributed by atoms with E-state index in [0.29, 0.717) is 17.4 Å². The number of pyridine rings is 1. The van der Waals surface area contributed by atoms with E-state index in [-0.39, 0.29) is 5.91 Å². The molecule has 5 heteroatoms. The Balaban J connectivity index is 1.86. The minimum atomic E-state index is -0.175. The fraction of sp³-hybridized carbons (Fsp3) is 0.125. The van der Waals surface area contributed by atoms with E-state index in [4.69, 9.17) is 16.3 Å². The molecule has 0 atom stereocenters. The van der Waals surface area contributed by atoms with Crippen molar-refractivity contribution in [1.82, 2.24) is 10.3 Å². The zero-order valence-electron chi connectivity index (χ0n) is 11.5. The van der Waals surface area contributed by atoms with E-state index >= 15 is 0 Å². The van der Waals surface area contributed by atoms with Crippen LogP contribution in [0.5, 0.6) is 5.88 Å². The number of methoxy groups -OCH3 is 1. The molecule has 0 radical (unpaired) electrons. The summed E-state index contributed by atoms with van der Waals surface area (Å²) >= 11 is 5.87. The van der Waals surface area contributed by atoms with Gasteiger partial charge in [-0.3, -0.25) is 4.79 Å². The molecule has 1 heterocycles. The van der Waals surface area contributed by atoms with Crippen molar-refractivity contribution in [2.75, 3.05) is 7.11 Å². The highest BCUT2D eigenvalue weighted by atomic mass is 35.5. The smallest absolute Gasteiger partial charge is 0.244 e. The predicted octanol–water partition coefficient (Wildman–Crippen LogP) is 3.07. The molecule has 108 valence electrons. The zero-order chi connectivity index (χ0) is 15.1. The summed E-state index contributed by atoms with van der Waals surface area (Å²) < 4.78 is 4.97. The maximum Gasteiger partial charge on any atom is 0.244 e. The fourth-order valence-corrected chi connectivity index (χ4v) is 1.87. The van der Waals surface area contributed by atoms with Crippen LogP contribution in [0.2, 0.25) is 5.02 Å². The monoisotopic (exact) mass is 302 g/mol. The zero-order valence-corrected chi connectivity index (χ0v) is 12.3. The topological polar surface area (TPSA) is 51.2 Å². The molecule has 0 spiro atoms. The van der Waals surface area contributed by atoms with Crippen molar-refractivity contribution in [1.29, 1.82) is 0 Å². The molecule has 0 aliphatic carbocycles. The number of nitrogens with one attached hydrogen (secondary N) is 1.